The minimum absolute atomic E-state index is 0.0257. The van der Waals surface area contributed by atoms with Crippen LogP contribution >= 0.6 is 0 Å². The number of rotatable bonds is 5. The van der Waals surface area contributed by atoms with Gasteiger partial charge in [-0.2, -0.15) is 0 Å². The highest BCUT2D eigenvalue weighted by Gasteiger charge is 2.35. The average Bonchev–Trinajstić information content (AvgIpc) is 2.47. The molecule has 1 fully saturated rings. The van der Waals surface area contributed by atoms with Gasteiger partial charge in [0.25, 0.3) is 0 Å². The molecule has 0 unspecified atom stereocenters. The first-order valence-corrected chi connectivity index (χ1v) is 8.00. The molecule has 1 aromatic carbocycles. The molecule has 0 atom stereocenters. The van der Waals surface area contributed by atoms with Crippen LogP contribution in [0.15, 0.2) is 24.3 Å². The zero-order valence-corrected chi connectivity index (χ0v) is 14.2. The average molecular weight is 290 g/mol. The Morgan fingerprint density at radius 2 is 1.71 bits per heavy atom. The fourth-order valence-electron chi connectivity index (χ4n) is 3.25. The van der Waals surface area contributed by atoms with Gasteiger partial charge in [-0.15, -0.1) is 0 Å². The number of likely N-dealkylation sites (N-methyl/N-ethyl adjacent to an activating group) is 1. The van der Waals surface area contributed by atoms with E-state index in [2.05, 4.69) is 62.0 Å². The van der Waals surface area contributed by atoms with E-state index in [1.807, 2.05) is 7.11 Å². The highest BCUT2D eigenvalue weighted by Crippen LogP contribution is 2.30. The standard InChI is InChI=1S/C18H30N2O/c1-15(2)16-6-8-17(9-7-16)20-12-10-18(21-5,11-13-20)14-19(3)4/h6-9,15H,10-14H2,1-5H3. The van der Waals surface area contributed by atoms with Gasteiger partial charge in [-0.1, -0.05) is 26.0 Å². The molecule has 0 saturated carbocycles. The smallest absolute Gasteiger partial charge is 0.0838 e. The number of hydrogen-bond donors (Lipinski definition) is 0. The van der Waals surface area contributed by atoms with Crippen molar-refractivity contribution in [3.05, 3.63) is 29.8 Å². The molecule has 0 spiro atoms. The van der Waals surface area contributed by atoms with Crippen LogP contribution in [0.3, 0.4) is 0 Å². The second-order valence-corrected chi connectivity index (χ2v) is 6.86. The summed E-state index contributed by atoms with van der Waals surface area (Å²) in [5.74, 6) is 0.599. The van der Waals surface area contributed by atoms with Crippen LogP contribution in [-0.2, 0) is 4.74 Å². The van der Waals surface area contributed by atoms with Crippen molar-refractivity contribution in [1.82, 2.24) is 4.90 Å². The second-order valence-electron chi connectivity index (χ2n) is 6.86. The monoisotopic (exact) mass is 290 g/mol. The maximum atomic E-state index is 5.86. The summed E-state index contributed by atoms with van der Waals surface area (Å²) < 4.78 is 5.86. The summed E-state index contributed by atoms with van der Waals surface area (Å²) >= 11 is 0. The normalized spacial score (nSPS) is 18.5. The largest absolute Gasteiger partial charge is 0.377 e. The van der Waals surface area contributed by atoms with E-state index in [-0.39, 0.29) is 5.60 Å². The van der Waals surface area contributed by atoms with Gasteiger partial charge >= 0.3 is 0 Å². The first-order valence-electron chi connectivity index (χ1n) is 8.00. The topological polar surface area (TPSA) is 15.7 Å². The number of piperidine rings is 1. The molecule has 3 heteroatoms. The molecule has 1 aromatic rings. The first-order chi connectivity index (χ1) is 9.96. The van der Waals surface area contributed by atoms with Gasteiger partial charge in [0.1, 0.15) is 0 Å². The predicted molar refractivity (Wildman–Crippen MR) is 90.3 cm³/mol. The van der Waals surface area contributed by atoms with E-state index in [1.165, 1.54) is 11.3 Å². The van der Waals surface area contributed by atoms with Crippen molar-refractivity contribution in [1.29, 1.82) is 0 Å². The summed E-state index contributed by atoms with van der Waals surface area (Å²) in [6, 6.07) is 9.05. The number of hydrogen-bond acceptors (Lipinski definition) is 3. The van der Waals surface area contributed by atoms with Crippen LogP contribution in [0, 0.1) is 0 Å². The van der Waals surface area contributed by atoms with Gasteiger partial charge in [0.15, 0.2) is 0 Å². The van der Waals surface area contributed by atoms with Crippen molar-refractivity contribution < 1.29 is 4.74 Å². The summed E-state index contributed by atoms with van der Waals surface area (Å²) in [6.07, 6.45) is 2.18. The molecule has 3 nitrogen and oxygen atoms in total. The van der Waals surface area contributed by atoms with Crippen LogP contribution in [0.25, 0.3) is 0 Å². The lowest BCUT2D eigenvalue weighted by molar-refractivity contribution is -0.0454. The lowest BCUT2D eigenvalue weighted by Gasteiger charge is -2.43. The number of ether oxygens (including phenoxy) is 1. The molecule has 0 amide bonds. The van der Waals surface area contributed by atoms with Crippen molar-refractivity contribution in [2.75, 3.05) is 45.7 Å². The summed E-state index contributed by atoms with van der Waals surface area (Å²) in [4.78, 5) is 4.72. The van der Waals surface area contributed by atoms with Gasteiger partial charge < -0.3 is 14.5 Å². The van der Waals surface area contributed by atoms with Gasteiger partial charge in [-0.25, -0.2) is 0 Å². The zero-order chi connectivity index (χ0) is 15.5. The molecule has 1 aliphatic rings. The SMILES string of the molecule is COC1(CN(C)C)CCN(c2ccc(C(C)C)cc2)CC1. The Bertz CT molecular complexity index is 431. The molecule has 1 heterocycles. The Hall–Kier alpha value is -1.06. The minimum atomic E-state index is 0.0257. The molecular weight excluding hydrogens is 260 g/mol. The van der Waals surface area contributed by atoms with Crippen LogP contribution in [0.5, 0.6) is 0 Å². The number of anilines is 1. The Morgan fingerprint density at radius 3 is 2.14 bits per heavy atom. The van der Waals surface area contributed by atoms with Gasteiger partial charge in [0.05, 0.1) is 5.60 Å². The molecule has 0 aromatic heterocycles. The van der Waals surface area contributed by atoms with Crippen molar-refractivity contribution in [3.8, 4) is 0 Å². The lowest BCUT2D eigenvalue weighted by Crippen LogP contribution is -2.51. The molecule has 0 N–H and O–H groups in total. The summed E-state index contributed by atoms with van der Waals surface area (Å²) in [6.45, 7) is 7.63. The van der Waals surface area contributed by atoms with Crippen molar-refractivity contribution in [2.45, 2.75) is 38.2 Å². The minimum Gasteiger partial charge on any atom is -0.377 e. The number of nitrogens with zero attached hydrogens (tertiary/aromatic N) is 2. The number of methoxy groups -OCH3 is 1. The zero-order valence-electron chi connectivity index (χ0n) is 14.2. The molecule has 0 bridgehead atoms. The molecule has 2 rings (SSSR count). The predicted octanol–water partition coefficient (Wildman–Crippen LogP) is 3.36. The lowest BCUT2D eigenvalue weighted by atomic mass is 9.90. The van der Waals surface area contributed by atoms with Crippen LogP contribution < -0.4 is 4.90 Å². The molecule has 21 heavy (non-hydrogen) atoms. The Kier molecular flexibility index (Phi) is 5.28. The highest BCUT2D eigenvalue weighted by atomic mass is 16.5. The summed E-state index contributed by atoms with van der Waals surface area (Å²) in [7, 11) is 6.10. The maximum Gasteiger partial charge on any atom is 0.0838 e. The van der Waals surface area contributed by atoms with E-state index in [9.17, 15) is 0 Å². The molecule has 1 aliphatic heterocycles. The van der Waals surface area contributed by atoms with Crippen LogP contribution in [0.1, 0.15) is 38.2 Å². The Morgan fingerprint density at radius 1 is 1.14 bits per heavy atom. The molecule has 1 saturated heterocycles. The van der Waals surface area contributed by atoms with Crippen molar-refractivity contribution >= 4 is 5.69 Å². The van der Waals surface area contributed by atoms with Gasteiger partial charge in [-0.05, 0) is 50.6 Å². The Labute approximate surface area is 129 Å². The molecule has 118 valence electrons. The third-order valence-electron chi connectivity index (χ3n) is 4.64. The van der Waals surface area contributed by atoms with Gasteiger partial charge in [0, 0.05) is 32.4 Å². The molecular formula is C18H30N2O. The first kappa shape index (κ1) is 16.3. The van der Waals surface area contributed by atoms with Crippen molar-refractivity contribution in [2.24, 2.45) is 0 Å². The van der Waals surface area contributed by atoms with E-state index < -0.39 is 0 Å². The second kappa shape index (κ2) is 6.80. The van der Waals surface area contributed by atoms with Gasteiger partial charge in [0.2, 0.25) is 0 Å². The van der Waals surface area contributed by atoms with E-state index in [0.717, 1.165) is 32.5 Å². The van der Waals surface area contributed by atoms with Crippen molar-refractivity contribution in [3.63, 3.8) is 0 Å². The van der Waals surface area contributed by atoms with Crippen LogP contribution in [-0.4, -0.2) is 51.3 Å². The third kappa shape index (κ3) is 3.98. The maximum absolute atomic E-state index is 5.86. The Balaban J connectivity index is 1.99. The number of benzene rings is 1. The molecule has 0 aliphatic carbocycles. The van der Waals surface area contributed by atoms with Gasteiger partial charge in [-0.3, -0.25) is 0 Å². The third-order valence-corrected chi connectivity index (χ3v) is 4.64. The van der Waals surface area contributed by atoms with Crippen LogP contribution in [0.2, 0.25) is 0 Å². The highest BCUT2D eigenvalue weighted by molar-refractivity contribution is 5.48. The fraction of sp³-hybridized carbons (Fsp3) is 0.667. The van der Waals surface area contributed by atoms with E-state index in [1.54, 1.807) is 0 Å². The summed E-state index contributed by atoms with van der Waals surface area (Å²) in [5.41, 5.74) is 2.78. The molecule has 0 radical (unpaired) electrons. The van der Waals surface area contributed by atoms with E-state index >= 15 is 0 Å². The van der Waals surface area contributed by atoms with E-state index in [0.29, 0.717) is 5.92 Å². The van der Waals surface area contributed by atoms with Crippen LogP contribution in [0.4, 0.5) is 5.69 Å². The van der Waals surface area contributed by atoms with E-state index in [4.69, 9.17) is 4.74 Å². The quantitative estimate of drug-likeness (QED) is 0.827. The fourth-order valence-corrected chi connectivity index (χ4v) is 3.25. The summed E-state index contributed by atoms with van der Waals surface area (Å²) in [5, 5.41) is 0.